The van der Waals surface area contributed by atoms with E-state index in [4.69, 9.17) is 4.42 Å². The summed E-state index contributed by atoms with van der Waals surface area (Å²) in [5.74, 6) is -0.259. The third-order valence-corrected chi connectivity index (χ3v) is 3.60. The van der Waals surface area contributed by atoms with Gasteiger partial charge in [0.2, 0.25) is 5.91 Å². The fraction of sp³-hybridized carbons (Fsp3) is 0.250. The highest BCUT2D eigenvalue weighted by Crippen LogP contribution is 2.14. The second-order valence-electron chi connectivity index (χ2n) is 5.35. The maximum atomic E-state index is 12.3. The van der Waals surface area contributed by atoms with Crippen molar-refractivity contribution in [3.05, 3.63) is 54.2 Å². The third-order valence-electron chi connectivity index (χ3n) is 3.60. The number of rotatable bonds is 6. The Hall–Kier alpha value is -3.16. The van der Waals surface area contributed by atoms with Gasteiger partial charge in [-0.15, -0.1) is 0 Å². The Morgan fingerprint density at radius 1 is 1.33 bits per heavy atom. The number of urea groups is 1. The van der Waals surface area contributed by atoms with Crippen molar-refractivity contribution in [2.75, 3.05) is 0 Å². The number of pyridine rings is 1. The lowest BCUT2D eigenvalue weighted by Gasteiger charge is -2.11. The summed E-state index contributed by atoms with van der Waals surface area (Å²) in [5, 5.41) is 5.22. The molecule has 2 N–H and O–H groups in total. The zero-order valence-corrected chi connectivity index (χ0v) is 12.8. The lowest BCUT2D eigenvalue weighted by molar-refractivity contribution is -0.131. The Balaban J connectivity index is 1.52. The molecule has 3 rings (SSSR count). The van der Waals surface area contributed by atoms with Gasteiger partial charge in [0, 0.05) is 18.9 Å². The fourth-order valence-corrected chi connectivity index (χ4v) is 2.38. The molecule has 0 bridgehead atoms. The average molecular weight is 328 g/mol. The number of furan rings is 1. The summed E-state index contributed by atoms with van der Waals surface area (Å²) < 4.78 is 5.14. The molecule has 0 aromatic carbocycles. The summed E-state index contributed by atoms with van der Waals surface area (Å²) in [6.07, 6.45) is 4.65. The smallest absolute Gasteiger partial charge is 0.325 e. The van der Waals surface area contributed by atoms with Gasteiger partial charge in [-0.1, -0.05) is 6.07 Å². The summed E-state index contributed by atoms with van der Waals surface area (Å²) in [7, 11) is 0. The Morgan fingerprint density at radius 3 is 2.92 bits per heavy atom. The molecule has 8 heteroatoms. The largest absolute Gasteiger partial charge is 0.467 e. The molecular formula is C16H16N4O4. The van der Waals surface area contributed by atoms with Gasteiger partial charge in [0.25, 0.3) is 5.91 Å². The monoisotopic (exact) mass is 328 g/mol. The third kappa shape index (κ3) is 3.60. The fourth-order valence-electron chi connectivity index (χ4n) is 2.38. The lowest BCUT2D eigenvalue weighted by atomic mass is 10.2. The van der Waals surface area contributed by atoms with Crippen LogP contribution in [0.25, 0.3) is 0 Å². The van der Waals surface area contributed by atoms with Crippen molar-refractivity contribution in [1.82, 2.24) is 20.5 Å². The highest BCUT2D eigenvalue weighted by Gasteiger charge is 2.39. The SMILES string of the molecule is O=C(CC1NC(=O)N(Cc2ccco2)C1=O)NCc1cccnc1. The van der Waals surface area contributed by atoms with E-state index in [1.165, 1.54) is 6.26 Å². The molecule has 1 unspecified atom stereocenters. The van der Waals surface area contributed by atoms with E-state index in [0.29, 0.717) is 12.3 Å². The van der Waals surface area contributed by atoms with Gasteiger partial charge in [-0.25, -0.2) is 4.79 Å². The molecule has 1 atom stereocenters. The number of nitrogens with one attached hydrogen (secondary N) is 2. The maximum Gasteiger partial charge on any atom is 0.325 e. The number of carbonyl (C=O) groups excluding carboxylic acids is 3. The van der Waals surface area contributed by atoms with E-state index >= 15 is 0 Å². The molecule has 4 amide bonds. The molecule has 2 aromatic rings. The second kappa shape index (κ2) is 6.95. The van der Waals surface area contributed by atoms with Crippen LogP contribution < -0.4 is 10.6 Å². The van der Waals surface area contributed by atoms with Crippen molar-refractivity contribution in [2.24, 2.45) is 0 Å². The number of imide groups is 1. The van der Waals surface area contributed by atoms with E-state index < -0.39 is 18.0 Å². The topological polar surface area (TPSA) is 105 Å². The van der Waals surface area contributed by atoms with Gasteiger partial charge in [0.05, 0.1) is 19.2 Å². The predicted molar refractivity (Wildman–Crippen MR) is 82.3 cm³/mol. The van der Waals surface area contributed by atoms with Gasteiger partial charge in [-0.3, -0.25) is 19.5 Å². The first-order chi connectivity index (χ1) is 11.6. The van der Waals surface area contributed by atoms with Crippen molar-refractivity contribution in [1.29, 1.82) is 0 Å². The molecule has 0 radical (unpaired) electrons. The van der Waals surface area contributed by atoms with Crippen LogP contribution >= 0.6 is 0 Å². The van der Waals surface area contributed by atoms with Gasteiger partial charge < -0.3 is 15.1 Å². The normalized spacial score (nSPS) is 17.0. The number of aromatic nitrogens is 1. The molecule has 0 spiro atoms. The van der Waals surface area contributed by atoms with E-state index in [1.807, 2.05) is 6.07 Å². The van der Waals surface area contributed by atoms with Crippen LogP contribution in [0, 0.1) is 0 Å². The number of hydrogen-bond acceptors (Lipinski definition) is 5. The van der Waals surface area contributed by atoms with Crippen LogP contribution in [0.3, 0.4) is 0 Å². The average Bonchev–Trinajstić information content (AvgIpc) is 3.18. The Morgan fingerprint density at radius 2 is 2.21 bits per heavy atom. The van der Waals surface area contributed by atoms with Crippen LogP contribution in [0.15, 0.2) is 47.3 Å². The standard InChI is InChI=1S/C16H16N4O4/c21-14(18-9-11-3-1-5-17-8-11)7-13-15(22)20(16(23)19-13)10-12-4-2-6-24-12/h1-6,8,13H,7,9-10H2,(H,18,21)(H,19,23). The van der Waals surface area contributed by atoms with E-state index in [1.54, 1.807) is 30.6 Å². The minimum absolute atomic E-state index is 0.0471. The van der Waals surface area contributed by atoms with Crippen LogP contribution in [0.5, 0.6) is 0 Å². The predicted octanol–water partition coefficient (Wildman–Crippen LogP) is 0.801. The molecule has 1 saturated heterocycles. The van der Waals surface area contributed by atoms with Gasteiger partial charge >= 0.3 is 6.03 Å². The molecule has 1 aliphatic rings. The summed E-state index contributed by atoms with van der Waals surface area (Å²) in [6, 6.07) is 5.57. The lowest BCUT2D eigenvalue weighted by Crippen LogP contribution is -2.36. The summed E-state index contributed by atoms with van der Waals surface area (Å²) in [4.78, 5) is 41.1. The van der Waals surface area contributed by atoms with Crippen molar-refractivity contribution in [3.63, 3.8) is 0 Å². The quantitative estimate of drug-likeness (QED) is 0.763. The van der Waals surface area contributed by atoms with Gasteiger partial charge in [0.15, 0.2) is 0 Å². The number of nitrogens with zero attached hydrogens (tertiary/aromatic N) is 2. The number of carbonyl (C=O) groups is 3. The second-order valence-corrected chi connectivity index (χ2v) is 5.35. The molecule has 8 nitrogen and oxygen atoms in total. The van der Waals surface area contributed by atoms with E-state index in [9.17, 15) is 14.4 Å². The van der Waals surface area contributed by atoms with Crippen LogP contribution in [0.2, 0.25) is 0 Å². The number of hydrogen-bond donors (Lipinski definition) is 2. The molecule has 24 heavy (non-hydrogen) atoms. The zero-order valence-electron chi connectivity index (χ0n) is 12.8. The van der Waals surface area contributed by atoms with Crippen molar-refractivity contribution >= 4 is 17.8 Å². The molecule has 0 aliphatic carbocycles. The first kappa shape index (κ1) is 15.7. The van der Waals surface area contributed by atoms with Crippen molar-refractivity contribution < 1.29 is 18.8 Å². The van der Waals surface area contributed by atoms with E-state index in [0.717, 1.165) is 10.5 Å². The summed E-state index contributed by atoms with van der Waals surface area (Å²) in [5.41, 5.74) is 0.854. The molecule has 1 fully saturated rings. The molecule has 124 valence electrons. The number of amides is 4. The molecule has 2 aromatic heterocycles. The highest BCUT2D eigenvalue weighted by atomic mass is 16.3. The zero-order chi connectivity index (χ0) is 16.9. The Labute approximate surface area is 137 Å². The minimum atomic E-state index is -0.860. The van der Waals surface area contributed by atoms with Gasteiger partial charge in [0.1, 0.15) is 11.8 Å². The summed E-state index contributed by atoms with van der Waals surface area (Å²) in [6.45, 7) is 0.364. The first-order valence-electron chi connectivity index (χ1n) is 7.43. The highest BCUT2D eigenvalue weighted by molar-refractivity contribution is 6.05. The van der Waals surface area contributed by atoms with Crippen LogP contribution in [-0.4, -0.2) is 33.8 Å². The Kier molecular flexibility index (Phi) is 4.55. The van der Waals surface area contributed by atoms with E-state index in [2.05, 4.69) is 15.6 Å². The minimum Gasteiger partial charge on any atom is -0.467 e. The first-order valence-corrected chi connectivity index (χ1v) is 7.43. The van der Waals surface area contributed by atoms with E-state index in [-0.39, 0.29) is 18.9 Å². The van der Waals surface area contributed by atoms with Crippen LogP contribution in [0.4, 0.5) is 4.79 Å². The van der Waals surface area contributed by atoms with Crippen LogP contribution in [0.1, 0.15) is 17.7 Å². The summed E-state index contributed by atoms with van der Waals surface area (Å²) >= 11 is 0. The van der Waals surface area contributed by atoms with Crippen molar-refractivity contribution in [3.8, 4) is 0 Å². The van der Waals surface area contributed by atoms with Crippen molar-refractivity contribution in [2.45, 2.75) is 25.6 Å². The van der Waals surface area contributed by atoms with Gasteiger partial charge in [-0.05, 0) is 23.8 Å². The Bertz CT molecular complexity index is 730. The van der Waals surface area contributed by atoms with Gasteiger partial charge in [-0.2, -0.15) is 0 Å². The molecule has 1 aliphatic heterocycles. The molecule has 0 saturated carbocycles. The maximum absolute atomic E-state index is 12.3. The molecule has 3 heterocycles. The molecular weight excluding hydrogens is 312 g/mol. The van der Waals surface area contributed by atoms with Crippen LogP contribution in [-0.2, 0) is 22.7 Å².